The van der Waals surface area contributed by atoms with Crippen LogP contribution in [0.2, 0.25) is 18.1 Å². The smallest absolute Gasteiger partial charge is 0.414 e. The van der Waals surface area contributed by atoms with E-state index in [4.69, 9.17) is 13.9 Å². The summed E-state index contributed by atoms with van der Waals surface area (Å²) in [6.45, 7) is 13.5. The third-order valence-electron chi connectivity index (χ3n) is 6.47. The summed E-state index contributed by atoms with van der Waals surface area (Å²) in [6.07, 6.45) is -1.13. The second-order valence-electron chi connectivity index (χ2n) is 9.91. The molecule has 0 bridgehead atoms. The minimum Gasteiger partial charge on any atom is -0.442 e. The summed E-state index contributed by atoms with van der Waals surface area (Å²) in [5.41, 5.74) is 0.899. The van der Waals surface area contributed by atoms with Crippen molar-refractivity contribution in [3.05, 3.63) is 24.0 Å². The average molecular weight is 492 g/mol. The molecule has 2 fully saturated rings. The first-order valence-electron chi connectivity index (χ1n) is 11.5. The van der Waals surface area contributed by atoms with Crippen LogP contribution in [0.1, 0.15) is 20.8 Å². The molecule has 1 N–H and O–H groups in total. The van der Waals surface area contributed by atoms with Crippen LogP contribution in [0.25, 0.3) is 0 Å². The highest BCUT2D eigenvalue weighted by Crippen LogP contribution is 2.36. The lowest BCUT2D eigenvalue weighted by Crippen LogP contribution is -2.40. The number of carbonyl (C=O) groups excluding carboxylic acids is 2. The maximum absolute atomic E-state index is 14.7. The van der Waals surface area contributed by atoms with E-state index in [2.05, 4.69) is 51.0 Å². The van der Waals surface area contributed by atoms with Gasteiger partial charge in [-0.2, -0.15) is 0 Å². The number of carbonyl (C=O) groups is 2. The number of cyclic esters (lactones) is 1. The Kier molecular flexibility index (Phi) is 8.23. The molecule has 2 saturated heterocycles. The molecule has 0 radical (unpaired) electrons. The maximum Gasteiger partial charge on any atom is 0.414 e. The number of ether oxygens (including phenoxy) is 2. The zero-order valence-corrected chi connectivity index (χ0v) is 21.6. The number of morpholine rings is 1. The van der Waals surface area contributed by atoms with Crippen molar-refractivity contribution < 1.29 is 27.9 Å². The monoisotopic (exact) mass is 491 g/mol. The molecule has 0 spiro atoms. The third-order valence-corrected chi connectivity index (χ3v) is 11.0. The molecule has 0 aliphatic carbocycles. The minimum absolute atomic E-state index is 0.0703. The molecule has 0 unspecified atom stereocenters. The lowest BCUT2D eigenvalue weighted by Gasteiger charge is -2.35. The van der Waals surface area contributed by atoms with Gasteiger partial charge in [-0.1, -0.05) is 26.7 Å². The molecule has 0 saturated carbocycles. The van der Waals surface area contributed by atoms with Crippen LogP contribution in [0, 0.1) is 17.7 Å². The molecule has 34 heavy (non-hydrogen) atoms. The van der Waals surface area contributed by atoms with Gasteiger partial charge in [-0.3, -0.25) is 9.69 Å². The SMILES string of the molecule is CC(C)(C)[Si](C)(C)OCC#CC(=O)NC[C@H]1CN(c2ccc(N3CCOCC3)c(F)c2)C(=O)O1. The number of rotatable bonds is 6. The van der Waals surface area contributed by atoms with Crippen molar-refractivity contribution in [1.29, 1.82) is 0 Å². The van der Waals surface area contributed by atoms with Crippen LogP contribution in [-0.2, 0) is 18.7 Å². The summed E-state index contributed by atoms with van der Waals surface area (Å²) in [5, 5.41) is 2.73. The highest BCUT2D eigenvalue weighted by molar-refractivity contribution is 6.74. The van der Waals surface area contributed by atoms with Gasteiger partial charge in [-0.15, -0.1) is 0 Å². The predicted octanol–water partition coefficient (Wildman–Crippen LogP) is 3.13. The molecule has 1 aromatic carbocycles. The number of hydrogen-bond donors (Lipinski definition) is 1. The van der Waals surface area contributed by atoms with E-state index < -0.39 is 32.2 Å². The van der Waals surface area contributed by atoms with Crippen LogP contribution in [0.5, 0.6) is 0 Å². The Hall–Kier alpha value is -2.61. The van der Waals surface area contributed by atoms with Crippen LogP contribution in [0.4, 0.5) is 20.6 Å². The Morgan fingerprint density at radius 1 is 1.29 bits per heavy atom. The molecule has 1 aromatic rings. The number of halogens is 1. The molecule has 0 aromatic heterocycles. The minimum atomic E-state index is -1.91. The van der Waals surface area contributed by atoms with Crippen LogP contribution in [0.15, 0.2) is 18.2 Å². The van der Waals surface area contributed by atoms with Gasteiger partial charge in [0.2, 0.25) is 0 Å². The van der Waals surface area contributed by atoms with Gasteiger partial charge in [-0.05, 0) is 42.3 Å². The van der Waals surface area contributed by atoms with Crippen LogP contribution in [0.3, 0.4) is 0 Å². The zero-order chi connectivity index (χ0) is 24.9. The summed E-state index contributed by atoms with van der Waals surface area (Å²) in [7, 11) is -1.91. The van der Waals surface area contributed by atoms with E-state index in [0.717, 1.165) is 0 Å². The van der Waals surface area contributed by atoms with Gasteiger partial charge in [0.05, 0.1) is 44.3 Å². The van der Waals surface area contributed by atoms with Gasteiger partial charge in [0.1, 0.15) is 11.9 Å². The fraction of sp³-hybridized carbons (Fsp3) is 0.583. The Labute approximate surface area is 201 Å². The van der Waals surface area contributed by atoms with Crippen molar-refractivity contribution in [3.8, 4) is 11.8 Å². The molecule has 2 heterocycles. The summed E-state index contributed by atoms with van der Waals surface area (Å²) in [4.78, 5) is 27.6. The van der Waals surface area contributed by atoms with E-state index in [1.165, 1.54) is 11.0 Å². The Bertz CT molecular complexity index is 964. The predicted molar refractivity (Wildman–Crippen MR) is 131 cm³/mol. The van der Waals surface area contributed by atoms with Gasteiger partial charge in [-0.25, -0.2) is 9.18 Å². The summed E-state index contributed by atoms with van der Waals surface area (Å²) >= 11 is 0. The molecular weight excluding hydrogens is 457 g/mol. The number of nitrogens with zero attached hydrogens (tertiary/aromatic N) is 2. The summed E-state index contributed by atoms with van der Waals surface area (Å²) in [5.74, 6) is 4.39. The van der Waals surface area contributed by atoms with Crippen LogP contribution < -0.4 is 15.1 Å². The molecule has 2 aliphatic heterocycles. The number of hydrogen-bond acceptors (Lipinski definition) is 6. The van der Waals surface area contributed by atoms with Crippen molar-refractivity contribution >= 4 is 31.7 Å². The number of amides is 2. The number of nitrogens with one attached hydrogen (secondary N) is 1. The average Bonchev–Trinajstić information content (AvgIpc) is 3.15. The fourth-order valence-electron chi connectivity index (χ4n) is 3.36. The largest absolute Gasteiger partial charge is 0.442 e. The quantitative estimate of drug-likeness (QED) is 0.487. The fourth-order valence-corrected chi connectivity index (χ4v) is 4.23. The number of anilines is 2. The normalized spacial score (nSPS) is 18.9. The molecule has 186 valence electrons. The Balaban J connectivity index is 1.49. The van der Waals surface area contributed by atoms with Gasteiger partial charge < -0.3 is 24.1 Å². The van der Waals surface area contributed by atoms with Gasteiger partial charge in [0.15, 0.2) is 8.32 Å². The van der Waals surface area contributed by atoms with Crippen molar-refractivity contribution in [3.63, 3.8) is 0 Å². The highest BCUT2D eigenvalue weighted by atomic mass is 28.4. The first-order chi connectivity index (χ1) is 16.0. The Morgan fingerprint density at radius 3 is 2.65 bits per heavy atom. The van der Waals surface area contributed by atoms with Gasteiger partial charge in [0, 0.05) is 13.1 Å². The molecule has 2 amide bonds. The van der Waals surface area contributed by atoms with E-state index in [-0.39, 0.29) is 24.7 Å². The zero-order valence-electron chi connectivity index (χ0n) is 20.6. The molecule has 1 atom stereocenters. The second-order valence-corrected chi connectivity index (χ2v) is 14.7. The van der Waals surface area contributed by atoms with Gasteiger partial charge in [0.25, 0.3) is 5.91 Å². The van der Waals surface area contributed by atoms with E-state index in [0.29, 0.717) is 37.7 Å². The maximum atomic E-state index is 14.7. The van der Waals surface area contributed by atoms with Crippen LogP contribution >= 0.6 is 0 Å². The highest BCUT2D eigenvalue weighted by Gasteiger charge is 2.37. The topological polar surface area (TPSA) is 80.3 Å². The third kappa shape index (κ3) is 6.49. The first-order valence-corrected chi connectivity index (χ1v) is 14.4. The molecule has 2 aliphatic rings. The van der Waals surface area contributed by atoms with E-state index >= 15 is 0 Å². The lowest BCUT2D eigenvalue weighted by molar-refractivity contribution is -0.116. The lowest BCUT2D eigenvalue weighted by atomic mass is 10.2. The van der Waals surface area contributed by atoms with E-state index in [1.54, 1.807) is 12.1 Å². The molecular formula is C24H34FN3O5Si. The first kappa shape index (κ1) is 26.0. The summed E-state index contributed by atoms with van der Waals surface area (Å²) < 4.78 is 31.3. The van der Waals surface area contributed by atoms with E-state index in [9.17, 15) is 14.0 Å². The van der Waals surface area contributed by atoms with Crippen LogP contribution in [-0.4, -0.2) is 72.4 Å². The van der Waals surface area contributed by atoms with E-state index in [1.807, 2.05) is 4.90 Å². The van der Waals surface area contributed by atoms with Gasteiger partial charge >= 0.3 is 6.09 Å². The Morgan fingerprint density at radius 2 is 2.00 bits per heavy atom. The number of benzene rings is 1. The standard InChI is InChI=1S/C24H34FN3O5Si/c1-24(2,3)34(4,5)32-12-6-7-22(29)26-16-19-17-28(23(30)33-19)18-8-9-21(20(25)15-18)27-10-13-31-14-11-27/h8-9,15,19H,10-14,16-17H2,1-5H3,(H,26,29)/t19-/m0/s1. The molecule has 8 nitrogen and oxygen atoms in total. The van der Waals surface area contributed by atoms with Crippen molar-refractivity contribution in [2.24, 2.45) is 0 Å². The molecule has 3 rings (SSSR count). The second kappa shape index (κ2) is 10.8. The molecule has 10 heteroatoms. The van der Waals surface area contributed by atoms with Crippen molar-refractivity contribution in [2.45, 2.75) is 45.0 Å². The summed E-state index contributed by atoms with van der Waals surface area (Å²) in [6, 6.07) is 4.70. The van der Waals surface area contributed by atoms with Crippen molar-refractivity contribution in [2.75, 3.05) is 55.8 Å². The van der Waals surface area contributed by atoms with Crippen molar-refractivity contribution in [1.82, 2.24) is 5.32 Å².